The Hall–Kier alpha value is -2.48. The summed E-state index contributed by atoms with van der Waals surface area (Å²) in [5, 5.41) is 0. The summed E-state index contributed by atoms with van der Waals surface area (Å²) >= 11 is 0. The minimum absolute atomic E-state index is 0.595. The van der Waals surface area contributed by atoms with E-state index >= 15 is 0 Å². The standard InChI is InChI=1S/C17H18N2/c1-12(18)16-7-3-14(4-8-16)11-15-5-9-17(10-6-15)13(2)19/h3-10H,1-2,11,18-19H2. The van der Waals surface area contributed by atoms with Gasteiger partial charge in [0.2, 0.25) is 0 Å². The van der Waals surface area contributed by atoms with Crippen LogP contribution in [0.15, 0.2) is 61.7 Å². The highest BCUT2D eigenvalue weighted by atomic mass is 14.6. The van der Waals surface area contributed by atoms with Crippen molar-refractivity contribution in [2.45, 2.75) is 6.42 Å². The summed E-state index contributed by atoms with van der Waals surface area (Å²) < 4.78 is 0. The first kappa shape index (κ1) is 13.0. The third-order valence-electron chi connectivity index (χ3n) is 3.06. The normalized spacial score (nSPS) is 10.1. The van der Waals surface area contributed by atoms with Crippen LogP contribution in [0.3, 0.4) is 0 Å². The van der Waals surface area contributed by atoms with Crippen molar-refractivity contribution in [1.29, 1.82) is 0 Å². The molecule has 0 spiro atoms. The van der Waals surface area contributed by atoms with Crippen molar-refractivity contribution in [2.75, 3.05) is 0 Å². The first-order valence-corrected chi connectivity index (χ1v) is 6.13. The highest BCUT2D eigenvalue weighted by Crippen LogP contribution is 2.15. The third kappa shape index (κ3) is 3.26. The lowest BCUT2D eigenvalue weighted by atomic mass is 10.0. The monoisotopic (exact) mass is 250 g/mol. The molecule has 0 amide bonds. The van der Waals surface area contributed by atoms with Crippen molar-refractivity contribution in [2.24, 2.45) is 11.5 Å². The van der Waals surface area contributed by atoms with E-state index in [-0.39, 0.29) is 0 Å². The Bertz CT molecular complexity index is 537. The zero-order chi connectivity index (χ0) is 13.8. The van der Waals surface area contributed by atoms with Crippen molar-refractivity contribution >= 4 is 11.4 Å². The zero-order valence-corrected chi connectivity index (χ0v) is 10.9. The summed E-state index contributed by atoms with van der Waals surface area (Å²) in [4.78, 5) is 0. The van der Waals surface area contributed by atoms with Crippen LogP contribution in [-0.4, -0.2) is 0 Å². The molecule has 0 saturated carbocycles. The molecule has 0 aromatic heterocycles. The van der Waals surface area contributed by atoms with Crippen molar-refractivity contribution in [3.05, 3.63) is 83.9 Å². The van der Waals surface area contributed by atoms with E-state index in [9.17, 15) is 0 Å². The van der Waals surface area contributed by atoms with Crippen molar-refractivity contribution in [3.8, 4) is 0 Å². The lowest BCUT2D eigenvalue weighted by Gasteiger charge is -2.06. The van der Waals surface area contributed by atoms with Crippen LogP contribution < -0.4 is 11.5 Å². The Morgan fingerprint density at radius 3 is 1.26 bits per heavy atom. The molecular weight excluding hydrogens is 232 g/mol. The van der Waals surface area contributed by atoms with Gasteiger partial charge in [0.15, 0.2) is 0 Å². The molecule has 0 aliphatic rings. The molecule has 2 heteroatoms. The van der Waals surface area contributed by atoms with Crippen LogP contribution in [0.2, 0.25) is 0 Å². The van der Waals surface area contributed by atoms with Gasteiger partial charge >= 0.3 is 0 Å². The molecule has 0 atom stereocenters. The molecule has 0 heterocycles. The van der Waals surface area contributed by atoms with E-state index in [4.69, 9.17) is 11.5 Å². The maximum Gasteiger partial charge on any atom is 0.0314 e. The maximum atomic E-state index is 5.65. The van der Waals surface area contributed by atoms with Crippen LogP contribution in [0.4, 0.5) is 0 Å². The van der Waals surface area contributed by atoms with Crippen LogP contribution in [-0.2, 0) is 6.42 Å². The molecule has 0 unspecified atom stereocenters. The Balaban J connectivity index is 2.12. The molecule has 0 fully saturated rings. The Kier molecular flexibility index (Phi) is 3.71. The SMILES string of the molecule is C=C(N)c1ccc(Cc2ccc(C(=C)N)cc2)cc1. The number of rotatable bonds is 4. The number of hydrogen-bond donors (Lipinski definition) is 2. The fraction of sp³-hybridized carbons (Fsp3) is 0.0588. The average molecular weight is 250 g/mol. The Morgan fingerprint density at radius 1 is 0.684 bits per heavy atom. The van der Waals surface area contributed by atoms with Gasteiger partial charge in [-0.25, -0.2) is 0 Å². The fourth-order valence-electron chi connectivity index (χ4n) is 1.91. The molecule has 19 heavy (non-hydrogen) atoms. The van der Waals surface area contributed by atoms with Gasteiger partial charge in [-0.15, -0.1) is 0 Å². The molecule has 4 N–H and O–H groups in total. The summed E-state index contributed by atoms with van der Waals surface area (Å²) in [5.41, 5.74) is 16.9. The predicted octanol–water partition coefficient (Wildman–Crippen LogP) is 3.14. The minimum Gasteiger partial charge on any atom is -0.399 e. The summed E-state index contributed by atoms with van der Waals surface area (Å²) in [5.74, 6) is 0. The summed E-state index contributed by atoms with van der Waals surface area (Å²) in [7, 11) is 0. The molecule has 2 rings (SSSR count). The van der Waals surface area contributed by atoms with Crippen molar-refractivity contribution in [1.82, 2.24) is 0 Å². The molecule has 0 saturated heterocycles. The lowest BCUT2D eigenvalue weighted by Crippen LogP contribution is -1.96. The molecule has 0 radical (unpaired) electrons. The maximum absolute atomic E-state index is 5.65. The van der Waals surface area contributed by atoms with Crippen LogP contribution in [0, 0.1) is 0 Å². The van der Waals surface area contributed by atoms with Crippen LogP contribution in [0.25, 0.3) is 11.4 Å². The summed E-state index contributed by atoms with van der Waals surface area (Å²) in [6, 6.07) is 16.3. The first-order chi connectivity index (χ1) is 9.06. The highest BCUT2D eigenvalue weighted by Gasteiger charge is 1.99. The second-order valence-corrected chi connectivity index (χ2v) is 4.62. The quantitative estimate of drug-likeness (QED) is 0.876. The van der Waals surface area contributed by atoms with Crippen LogP contribution >= 0.6 is 0 Å². The first-order valence-electron chi connectivity index (χ1n) is 6.13. The van der Waals surface area contributed by atoms with Crippen LogP contribution in [0.1, 0.15) is 22.3 Å². The second kappa shape index (κ2) is 5.44. The van der Waals surface area contributed by atoms with Gasteiger partial charge in [0, 0.05) is 11.4 Å². The molecule has 0 aliphatic heterocycles. The third-order valence-corrected chi connectivity index (χ3v) is 3.06. The zero-order valence-electron chi connectivity index (χ0n) is 10.9. The van der Waals surface area contributed by atoms with E-state index in [1.165, 1.54) is 11.1 Å². The minimum atomic E-state index is 0.595. The van der Waals surface area contributed by atoms with Gasteiger partial charge in [-0.05, 0) is 28.7 Å². The Morgan fingerprint density at radius 2 is 1.00 bits per heavy atom. The van der Waals surface area contributed by atoms with E-state index < -0.39 is 0 Å². The van der Waals surface area contributed by atoms with Gasteiger partial charge < -0.3 is 11.5 Å². The molecular formula is C17H18N2. The van der Waals surface area contributed by atoms with E-state index in [1.807, 2.05) is 24.3 Å². The summed E-state index contributed by atoms with van der Waals surface area (Å²) in [6.45, 7) is 7.45. The molecule has 96 valence electrons. The molecule has 0 bridgehead atoms. The van der Waals surface area contributed by atoms with E-state index in [0.717, 1.165) is 17.5 Å². The summed E-state index contributed by atoms with van der Waals surface area (Å²) in [6.07, 6.45) is 0.884. The van der Waals surface area contributed by atoms with Crippen molar-refractivity contribution in [3.63, 3.8) is 0 Å². The largest absolute Gasteiger partial charge is 0.399 e. The van der Waals surface area contributed by atoms with Crippen LogP contribution in [0.5, 0.6) is 0 Å². The smallest absolute Gasteiger partial charge is 0.0314 e. The Labute approximate surface area is 114 Å². The van der Waals surface area contributed by atoms with Gasteiger partial charge in [-0.1, -0.05) is 61.7 Å². The van der Waals surface area contributed by atoms with Gasteiger partial charge in [0.05, 0.1) is 0 Å². The van der Waals surface area contributed by atoms with E-state index in [1.54, 1.807) is 0 Å². The lowest BCUT2D eigenvalue weighted by molar-refractivity contribution is 1.19. The fourth-order valence-corrected chi connectivity index (χ4v) is 1.91. The van der Waals surface area contributed by atoms with Crippen molar-refractivity contribution < 1.29 is 0 Å². The number of benzene rings is 2. The molecule has 2 nitrogen and oxygen atoms in total. The topological polar surface area (TPSA) is 52.0 Å². The molecule has 0 aliphatic carbocycles. The number of nitrogens with two attached hydrogens (primary N) is 2. The van der Waals surface area contributed by atoms with E-state index in [2.05, 4.69) is 37.4 Å². The van der Waals surface area contributed by atoms with Gasteiger partial charge in [0.25, 0.3) is 0 Å². The van der Waals surface area contributed by atoms with E-state index in [0.29, 0.717) is 11.4 Å². The average Bonchev–Trinajstić information content (AvgIpc) is 2.40. The predicted molar refractivity (Wildman–Crippen MR) is 82.1 cm³/mol. The molecule has 2 aromatic rings. The second-order valence-electron chi connectivity index (χ2n) is 4.62. The van der Waals surface area contributed by atoms with Gasteiger partial charge in [-0.2, -0.15) is 0 Å². The van der Waals surface area contributed by atoms with Gasteiger partial charge in [0.1, 0.15) is 0 Å². The van der Waals surface area contributed by atoms with Gasteiger partial charge in [-0.3, -0.25) is 0 Å². The number of hydrogen-bond acceptors (Lipinski definition) is 2. The highest BCUT2D eigenvalue weighted by molar-refractivity contribution is 5.61. The molecule has 2 aromatic carbocycles.